The first kappa shape index (κ1) is 11.9. The van der Waals surface area contributed by atoms with E-state index in [-0.39, 0.29) is 0 Å². The molecule has 0 bridgehead atoms. The second-order valence-corrected chi connectivity index (χ2v) is 5.35. The van der Waals surface area contributed by atoms with E-state index in [9.17, 15) is 0 Å². The van der Waals surface area contributed by atoms with E-state index >= 15 is 0 Å². The van der Waals surface area contributed by atoms with Gasteiger partial charge >= 0.3 is 0 Å². The molecule has 0 saturated carbocycles. The maximum atomic E-state index is 6.03. The maximum Gasteiger partial charge on any atom is 0.0408 e. The lowest BCUT2D eigenvalue weighted by Gasteiger charge is -2.33. The maximum absolute atomic E-state index is 6.03. The van der Waals surface area contributed by atoms with Gasteiger partial charge < -0.3 is 10.6 Å². The molecule has 2 unspecified atom stereocenters. The van der Waals surface area contributed by atoms with E-state index in [1.807, 2.05) is 12.1 Å². The van der Waals surface area contributed by atoms with Crippen LogP contribution in [-0.2, 0) is 6.42 Å². The van der Waals surface area contributed by atoms with Crippen molar-refractivity contribution in [3.63, 3.8) is 0 Å². The number of nitrogens with zero attached hydrogens (tertiary/aromatic N) is 1. The van der Waals surface area contributed by atoms with Crippen LogP contribution >= 0.6 is 11.6 Å². The third-order valence-corrected chi connectivity index (χ3v) is 3.40. The van der Waals surface area contributed by atoms with Crippen LogP contribution in [0.25, 0.3) is 0 Å². The summed E-state index contributed by atoms with van der Waals surface area (Å²) < 4.78 is 0. The van der Waals surface area contributed by atoms with Crippen LogP contribution in [0.3, 0.4) is 0 Å². The van der Waals surface area contributed by atoms with Gasteiger partial charge in [-0.25, -0.2) is 0 Å². The molecule has 16 heavy (non-hydrogen) atoms. The summed E-state index contributed by atoms with van der Waals surface area (Å²) >= 11 is 5.98. The first-order chi connectivity index (χ1) is 7.63. The van der Waals surface area contributed by atoms with Crippen molar-refractivity contribution in [1.29, 1.82) is 0 Å². The fraction of sp³-hybridized carbons (Fsp3) is 0.538. The molecule has 0 aliphatic carbocycles. The zero-order valence-corrected chi connectivity index (χ0v) is 10.5. The minimum Gasteiger partial charge on any atom is -0.327 e. The van der Waals surface area contributed by atoms with Gasteiger partial charge in [-0.3, -0.25) is 0 Å². The molecule has 1 aromatic rings. The molecule has 1 fully saturated rings. The summed E-state index contributed by atoms with van der Waals surface area (Å²) in [6, 6.07) is 8.46. The molecule has 1 heterocycles. The SMILES string of the molecule is CN1CC(N)CC(Cc2cccc(Cl)c2)C1. The number of likely N-dealkylation sites (tertiary alicyclic amines) is 1. The minimum absolute atomic E-state index is 0.322. The standard InChI is InChI=1S/C13H19ClN2/c1-16-8-11(7-13(15)9-16)5-10-3-2-4-12(14)6-10/h2-4,6,11,13H,5,7-9,15H2,1H3. The van der Waals surface area contributed by atoms with E-state index in [0.29, 0.717) is 12.0 Å². The van der Waals surface area contributed by atoms with Gasteiger partial charge in [0.05, 0.1) is 0 Å². The van der Waals surface area contributed by atoms with Crippen molar-refractivity contribution in [2.75, 3.05) is 20.1 Å². The van der Waals surface area contributed by atoms with Gasteiger partial charge in [0, 0.05) is 24.2 Å². The molecule has 1 aliphatic heterocycles. The highest BCUT2D eigenvalue weighted by atomic mass is 35.5. The van der Waals surface area contributed by atoms with Crippen LogP contribution in [0, 0.1) is 5.92 Å². The van der Waals surface area contributed by atoms with Gasteiger partial charge in [-0.2, -0.15) is 0 Å². The largest absolute Gasteiger partial charge is 0.327 e. The van der Waals surface area contributed by atoms with Gasteiger partial charge in [0.1, 0.15) is 0 Å². The Morgan fingerprint density at radius 3 is 2.94 bits per heavy atom. The van der Waals surface area contributed by atoms with Crippen molar-refractivity contribution in [2.24, 2.45) is 11.7 Å². The molecule has 1 aliphatic rings. The Morgan fingerprint density at radius 2 is 2.25 bits per heavy atom. The molecule has 88 valence electrons. The summed E-state index contributed by atoms with van der Waals surface area (Å²) in [5.41, 5.74) is 7.35. The van der Waals surface area contributed by atoms with Crippen molar-refractivity contribution in [2.45, 2.75) is 18.9 Å². The number of likely N-dealkylation sites (N-methyl/N-ethyl adjacent to an activating group) is 1. The molecule has 1 aromatic carbocycles. The number of halogens is 1. The Kier molecular flexibility index (Phi) is 3.85. The zero-order valence-electron chi connectivity index (χ0n) is 9.70. The fourth-order valence-electron chi connectivity index (χ4n) is 2.64. The first-order valence-corrected chi connectivity index (χ1v) is 6.20. The Balaban J connectivity index is 1.98. The van der Waals surface area contributed by atoms with E-state index in [2.05, 4.69) is 24.1 Å². The van der Waals surface area contributed by atoms with Crippen LogP contribution in [0.5, 0.6) is 0 Å². The Bertz CT molecular complexity index is 344. The normalized spacial score (nSPS) is 26.9. The molecule has 2 rings (SSSR count). The monoisotopic (exact) mass is 238 g/mol. The number of rotatable bonds is 2. The van der Waals surface area contributed by atoms with Crippen molar-refractivity contribution in [3.05, 3.63) is 34.9 Å². The highest BCUT2D eigenvalue weighted by molar-refractivity contribution is 6.30. The molecule has 2 nitrogen and oxygen atoms in total. The number of hydrogen-bond acceptors (Lipinski definition) is 2. The predicted molar refractivity (Wildman–Crippen MR) is 68.7 cm³/mol. The highest BCUT2D eigenvalue weighted by Gasteiger charge is 2.22. The van der Waals surface area contributed by atoms with Crippen molar-refractivity contribution in [1.82, 2.24) is 4.90 Å². The third-order valence-electron chi connectivity index (χ3n) is 3.17. The predicted octanol–water partition coefficient (Wildman–Crippen LogP) is 2.16. The average Bonchev–Trinajstić information content (AvgIpc) is 2.15. The number of piperidine rings is 1. The molecule has 0 radical (unpaired) electrons. The molecular weight excluding hydrogens is 220 g/mol. The lowest BCUT2D eigenvalue weighted by Crippen LogP contribution is -2.45. The highest BCUT2D eigenvalue weighted by Crippen LogP contribution is 2.21. The average molecular weight is 239 g/mol. The summed E-state index contributed by atoms with van der Waals surface area (Å²) in [5, 5.41) is 0.825. The summed E-state index contributed by atoms with van der Waals surface area (Å²) in [7, 11) is 2.14. The van der Waals surface area contributed by atoms with Gasteiger partial charge in [0.2, 0.25) is 0 Å². The van der Waals surface area contributed by atoms with E-state index in [4.69, 9.17) is 17.3 Å². The Morgan fingerprint density at radius 1 is 1.44 bits per heavy atom. The smallest absolute Gasteiger partial charge is 0.0408 e. The molecule has 0 amide bonds. The first-order valence-electron chi connectivity index (χ1n) is 5.82. The van der Waals surface area contributed by atoms with Crippen LogP contribution in [0.1, 0.15) is 12.0 Å². The van der Waals surface area contributed by atoms with E-state index in [1.165, 1.54) is 5.56 Å². The van der Waals surface area contributed by atoms with E-state index < -0.39 is 0 Å². The van der Waals surface area contributed by atoms with Gasteiger partial charge in [0.15, 0.2) is 0 Å². The summed E-state index contributed by atoms with van der Waals surface area (Å²) in [6.07, 6.45) is 2.20. The number of hydrogen-bond donors (Lipinski definition) is 1. The lowest BCUT2D eigenvalue weighted by molar-refractivity contribution is 0.188. The van der Waals surface area contributed by atoms with Gasteiger partial charge in [-0.05, 0) is 43.5 Å². The Labute approximate surface area is 102 Å². The van der Waals surface area contributed by atoms with Crippen LogP contribution < -0.4 is 5.73 Å². The van der Waals surface area contributed by atoms with E-state index in [1.54, 1.807) is 0 Å². The topological polar surface area (TPSA) is 29.3 Å². The number of benzene rings is 1. The quantitative estimate of drug-likeness (QED) is 0.856. The summed E-state index contributed by atoms with van der Waals surface area (Å²) in [4.78, 5) is 2.32. The zero-order chi connectivity index (χ0) is 11.5. The molecule has 0 aromatic heterocycles. The molecule has 2 N–H and O–H groups in total. The molecule has 0 spiro atoms. The van der Waals surface area contributed by atoms with Crippen molar-refractivity contribution in [3.8, 4) is 0 Å². The van der Waals surface area contributed by atoms with Crippen LogP contribution in [0.15, 0.2) is 24.3 Å². The van der Waals surface area contributed by atoms with Crippen molar-refractivity contribution < 1.29 is 0 Å². The molecule has 2 atom stereocenters. The molecule has 3 heteroatoms. The van der Waals surface area contributed by atoms with Crippen LogP contribution in [0.2, 0.25) is 5.02 Å². The number of nitrogens with two attached hydrogens (primary N) is 1. The summed E-state index contributed by atoms with van der Waals surface area (Å²) in [5.74, 6) is 0.659. The molecular formula is C13H19ClN2. The van der Waals surface area contributed by atoms with Gasteiger partial charge in [0.25, 0.3) is 0 Å². The lowest BCUT2D eigenvalue weighted by atomic mass is 9.89. The van der Waals surface area contributed by atoms with Gasteiger partial charge in [-0.1, -0.05) is 23.7 Å². The molecule has 1 saturated heterocycles. The van der Waals surface area contributed by atoms with Crippen molar-refractivity contribution >= 4 is 11.6 Å². The van der Waals surface area contributed by atoms with Gasteiger partial charge in [-0.15, -0.1) is 0 Å². The van der Waals surface area contributed by atoms with E-state index in [0.717, 1.165) is 31.0 Å². The third kappa shape index (κ3) is 3.21. The Hall–Kier alpha value is -0.570. The fourth-order valence-corrected chi connectivity index (χ4v) is 2.85. The van der Waals surface area contributed by atoms with Crippen LogP contribution in [0.4, 0.5) is 0 Å². The minimum atomic E-state index is 0.322. The summed E-state index contributed by atoms with van der Waals surface area (Å²) in [6.45, 7) is 2.16. The second-order valence-electron chi connectivity index (χ2n) is 4.92. The second kappa shape index (κ2) is 5.17. The van der Waals surface area contributed by atoms with Crippen LogP contribution in [-0.4, -0.2) is 31.1 Å².